The van der Waals surface area contributed by atoms with E-state index in [2.05, 4.69) is 31.8 Å². The molecule has 4 rings (SSSR count). The van der Waals surface area contributed by atoms with Crippen LogP contribution >= 0.6 is 15.9 Å². The smallest absolute Gasteiger partial charge is 0.343 e. The lowest BCUT2D eigenvalue weighted by atomic mass is 10.1. The van der Waals surface area contributed by atoms with E-state index in [9.17, 15) is 14.4 Å². The fourth-order valence-corrected chi connectivity index (χ4v) is 3.87. The number of amides is 2. The number of hydrazone groups is 1. The molecule has 0 radical (unpaired) electrons. The molecule has 0 atom stereocenters. The number of anilines is 1. The number of rotatable bonds is 8. The number of aryl methyl sites for hydroxylation is 1. The van der Waals surface area contributed by atoms with Crippen LogP contribution in [0.25, 0.3) is 6.08 Å². The van der Waals surface area contributed by atoms with E-state index in [4.69, 9.17) is 4.74 Å². The zero-order chi connectivity index (χ0) is 27.6. The summed E-state index contributed by atoms with van der Waals surface area (Å²) in [5, 5.41) is 6.77. The Morgan fingerprint density at radius 3 is 2.36 bits per heavy atom. The zero-order valence-corrected chi connectivity index (χ0v) is 22.5. The van der Waals surface area contributed by atoms with Crippen molar-refractivity contribution in [3.05, 3.63) is 135 Å². The Hall–Kier alpha value is -4.82. The second-order valence-corrected chi connectivity index (χ2v) is 9.37. The second kappa shape index (κ2) is 13.1. The highest BCUT2D eigenvalue weighted by Gasteiger charge is 2.12. The SMILES string of the molecule is Cc1cccc(C(=O)Oc2ccc(Br)cc2/C=N\NC(=O)c2ccc(NC(=O)/C=C/c3ccccc3)cc2)c1. The lowest BCUT2D eigenvalue weighted by Gasteiger charge is -2.08. The molecule has 0 heterocycles. The van der Waals surface area contributed by atoms with Crippen LogP contribution in [0, 0.1) is 6.92 Å². The van der Waals surface area contributed by atoms with Gasteiger partial charge >= 0.3 is 5.97 Å². The van der Waals surface area contributed by atoms with E-state index in [1.807, 2.05) is 43.3 Å². The van der Waals surface area contributed by atoms with Crippen LogP contribution in [0.2, 0.25) is 0 Å². The number of benzene rings is 4. The highest BCUT2D eigenvalue weighted by molar-refractivity contribution is 9.10. The Balaban J connectivity index is 1.35. The molecule has 0 saturated carbocycles. The van der Waals surface area contributed by atoms with E-state index >= 15 is 0 Å². The van der Waals surface area contributed by atoms with Gasteiger partial charge in [0.1, 0.15) is 5.75 Å². The van der Waals surface area contributed by atoms with Crippen LogP contribution < -0.4 is 15.5 Å². The maximum absolute atomic E-state index is 12.6. The van der Waals surface area contributed by atoms with Crippen LogP contribution in [0.1, 0.15) is 37.4 Å². The van der Waals surface area contributed by atoms with Gasteiger partial charge in [0.2, 0.25) is 5.91 Å². The molecule has 0 aromatic heterocycles. The van der Waals surface area contributed by atoms with Crippen molar-refractivity contribution in [1.29, 1.82) is 0 Å². The highest BCUT2D eigenvalue weighted by Crippen LogP contribution is 2.23. The number of hydrogen-bond donors (Lipinski definition) is 2. The highest BCUT2D eigenvalue weighted by atomic mass is 79.9. The molecule has 8 heteroatoms. The Kier molecular flexibility index (Phi) is 9.16. The van der Waals surface area contributed by atoms with Crippen LogP contribution in [0.3, 0.4) is 0 Å². The predicted octanol–water partition coefficient (Wildman–Crippen LogP) is 6.39. The van der Waals surface area contributed by atoms with Gasteiger partial charge in [-0.05, 0) is 73.2 Å². The molecular formula is C31H24BrN3O4. The largest absolute Gasteiger partial charge is 0.422 e. The summed E-state index contributed by atoms with van der Waals surface area (Å²) >= 11 is 3.40. The third-order valence-electron chi connectivity index (χ3n) is 5.44. The average Bonchev–Trinajstić information content (AvgIpc) is 2.94. The number of carbonyl (C=O) groups is 3. The predicted molar refractivity (Wildman–Crippen MR) is 156 cm³/mol. The van der Waals surface area contributed by atoms with Crippen molar-refractivity contribution in [3.8, 4) is 5.75 Å². The number of carbonyl (C=O) groups excluding carboxylic acids is 3. The molecule has 194 valence electrons. The first-order valence-electron chi connectivity index (χ1n) is 11.9. The van der Waals surface area contributed by atoms with Gasteiger partial charge in [-0.2, -0.15) is 5.10 Å². The first-order valence-corrected chi connectivity index (χ1v) is 12.7. The molecule has 39 heavy (non-hydrogen) atoms. The van der Waals surface area contributed by atoms with Gasteiger partial charge < -0.3 is 10.1 Å². The summed E-state index contributed by atoms with van der Waals surface area (Å²) in [6.07, 6.45) is 4.56. The van der Waals surface area contributed by atoms with E-state index in [1.54, 1.807) is 66.7 Å². The number of halogens is 1. The van der Waals surface area contributed by atoms with Gasteiger partial charge in [0.25, 0.3) is 5.91 Å². The first kappa shape index (κ1) is 27.2. The van der Waals surface area contributed by atoms with Gasteiger partial charge in [-0.25, -0.2) is 10.2 Å². The number of hydrogen-bond acceptors (Lipinski definition) is 5. The van der Waals surface area contributed by atoms with Crippen molar-refractivity contribution in [1.82, 2.24) is 5.43 Å². The molecule has 4 aromatic rings. The van der Waals surface area contributed by atoms with Crippen molar-refractivity contribution in [2.75, 3.05) is 5.32 Å². The molecule has 0 bridgehead atoms. The molecule has 0 aliphatic heterocycles. The van der Waals surface area contributed by atoms with Crippen molar-refractivity contribution >= 4 is 51.7 Å². The molecule has 0 unspecified atom stereocenters. The Morgan fingerprint density at radius 2 is 1.62 bits per heavy atom. The van der Waals surface area contributed by atoms with Crippen LogP contribution in [0.5, 0.6) is 5.75 Å². The molecule has 4 aromatic carbocycles. The zero-order valence-electron chi connectivity index (χ0n) is 20.9. The fourth-order valence-electron chi connectivity index (χ4n) is 3.49. The van der Waals surface area contributed by atoms with Gasteiger partial charge in [-0.1, -0.05) is 64.0 Å². The van der Waals surface area contributed by atoms with Gasteiger partial charge in [-0.15, -0.1) is 0 Å². The number of nitrogens with zero attached hydrogens (tertiary/aromatic N) is 1. The van der Waals surface area contributed by atoms with E-state index < -0.39 is 11.9 Å². The lowest BCUT2D eigenvalue weighted by molar-refractivity contribution is -0.111. The number of esters is 1. The Bertz CT molecular complexity index is 1550. The molecule has 0 fully saturated rings. The van der Waals surface area contributed by atoms with Gasteiger partial charge in [-0.3, -0.25) is 9.59 Å². The molecule has 0 spiro atoms. The van der Waals surface area contributed by atoms with Gasteiger partial charge in [0, 0.05) is 27.4 Å². The standard InChI is InChI=1S/C31H24BrN3O4/c1-21-6-5-9-24(18-21)31(38)39-28-16-13-26(32)19-25(28)20-33-35-30(37)23-11-14-27(15-12-23)34-29(36)17-10-22-7-3-2-4-8-22/h2-20H,1H3,(H,34,36)(H,35,37)/b17-10+,33-20-. The van der Waals surface area contributed by atoms with Crippen LogP contribution in [0.15, 0.2) is 113 Å². The van der Waals surface area contributed by atoms with Crippen molar-refractivity contribution in [2.24, 2.45) is 5.10 Å². The van der Waals surface area contributed by atoms with E-state index in [0.29, 0.717) is 28.1 Å². The molecule has 0 saturated heterocycles. The molecular weight excluding hydrogens is 558 g/mol. The molecule has 2 N–H and O–H groups in total. The van der Waals surface area contributed by atoms with Crippen molar-refractivity contribution in [2.45, 2.75) is 6.92 Å². The molecule has 0 aliphatic rings. The first-order chi connectivity index (χ1) is 18.9. The topological polar surface area (TPSA) is 96.9 Å². The van der Waals surface area contributed by atoms with Crippen LogP contribution in [0.4, 0.5) is 5.69 Å². The summed E-state index contributed by atoms with van der Waals surface area (Å²) in [6.45, 7) is 1.89. The number of nitrogens with one attached hydrogen (secondary N) is 2. The van der Waals surface area contributed by atoms with E-state index in [1.165, 1.54) is 12.3 Å². The maximum atomic E-state index is 12.6. The maximum Gasteiger partial charge on any atom is 0.343 e. The summed E-state index contributed by atoms with van der Waals surface area (Å²) in [4.78, 5) is 37.3. The molecule has 7 nitrogen and oxygen atoms in total. The average molecular weight is 582 g/mol. The minimum Gasteiger partial charge on any atom is -0.422 e. The minimum atomic E-state index is -0.498. The van der Waals surface area contributed by atoms with Crippen LogP contribution in [-0.2, 0) is 4.79 Å². The molecule has 0 aliphatic carbocycles. The Labute approximate surface area is 234 Å². The quantitative estimate of drug-likeness (QED) is 0.0827. The number of ether oxygens (including phenoxy) is 1. The van der Waals surface area contributed by atoms with Crippen LogP contribution in [-0.4, -0.2) is 24.0 Å². The van der Waals surface area contributed by atoms with E-state index in [0.717, 1.165) is 15.6 Å². The third-order valence-corrected chi connectivity index (χ3v) is 5.93. The monoisotopic (exact) mass is 581 g/mol. The summed E-state index contributed by atoms with van der Waals surface area (Å²) in [5.41, 5.74) is 6.15. The lowest BCUT2D eigenvalue weighted by Crippen LogP contribution is -2.18. The summed E-state index contributed by atoms with van der Waals surface area (Å²) < 4.78 is 6.32. The third kappa shape index (κ3) is 8.08. The summed E-state index contributed by atoms with van der Waals surface area (Å²) in [5.74, 6) is -0.929. The molecule has 2 amide bonds. The summed E-state index contributed by atoms with van der Waals surface area (Å²) in [7, 11) is 0. The normalized spacial score (nSPS) is 10.9. The Morgan fingerprint density at radius 1 is 0.846 bits per heavy atom. The van der Waals surface area contributed by atoms with Crippen molar-refractivity contribution < 1.29 is 19.1 Å². The van der Waals surface area contributed by atoms with Gasteiger partial charge in [0.15, 0.2) is 0 Å². The summed E-state index contributed by atoms with van der Waals surface area (Å²) in [6, 6.07) is 28.1. The minimum absolute atomic E-state index is 0.284. The van der Waals surface area contributed by atoms with E-state index in [-0.39, 0.29) is 5.91 Å². The van der Waals surface area contributed by atoms with Gasteiger partial charge in [0.05, 0.1) is 11.8 Å². The van der Waals surface area contributed by atoms with Crippen molar-refractivity contribution in [3.63, 3.8) is 0 Å². The fraction of sp³-hybridized carbons (Fsp3) is 0.0323. The second-order valence-electron chi connectivity index (χ2n) is 8.45.